The van der Waals surface area contributed by atoms with Crippen LogP contribution in [0.1, 0.15) is 16.2 Å². The summed E-state index contributed by atoms with van der Waals surface area (Å²) >= 11 is 0. The Balaban J connectivity index is 1.51. The first-order valence-corrected chi connectivity index (χ1v) is 7.93. The number of carbonyl (C=O) groups is 1. The number of carbonyl (C=O) groups excluding carboxylic acids is 1. The number of fused-ring (bicyclic) bond motifs is 1. The van der Waals surface area contributed by atoms with Crippen molar-refractivity contribution in [2.75, 3.05) is 0 Å². The second-order valence-corrected chi connectivity index (χ2v) is 5.57. The number of benzene rings is 2. The number of hydrogen-bond donors (Lipinski definition) is 1. The molecule has 0 radical (unpaired) electrons. The van der Waals surface area contributed by atoms with E-state index < -0.39 is 0 Å². The molecule has 0 aliphatic carbocycles. The SMILES string of the molecule is O=C(NCc1ncoc1-c1ccccc1)c1ccc2ccccc2n1. The summed E-state index contributed by atoms with van der Waals surface area (Å²) in [6.07, 6.45) is 1.39. The smallest absolute Gasteiger partial charge is 0.270 e. The van der Waals surface area contributed by atoms with Crippen LogP contribution >= 0.6 is 0 Å². The van der Waals surface area contributed by atoms with E-state index in [0.29, 0.717) is 17.1 Å². The molecule has 0 bridgehead atoms. The van der Waals surface area contributed by atoms with Gasteiger partial charge in [0.15, 0.2) is 12.2 Å². The Morgan fingerprint density at radius 3 is 2.64 bits per heavy atom. The Hall–Kier alpha value is -3.47. The summed E-state index contributed by atoms with van der Waals surface area (Å²) in [5.41, 5.74) is 2.78. The highest BCUT2D eigenvalue weighted by Gasteiger charge is 2.13. The Kier molecular flexibility index (Phi) is 3.96. The van der Waals surface area contributed by atoms with Crippen LogP contribution in [0.4, 0.5) is 0 Å². The van der Waals surface area contributed by atoms with Gasteiger partial charge in [0.1, 0.15) is 11.4 Å². The molecule has 0 aliphatic heterocycles. The van der Waals surface area contributed by atoms with Gasteiger partial charge in [-0.25, -0.2) is 9.97 Å². The molecule has 0 aliphatic rings. The maximum absolute atomic E-state index is 12.4. The summed E-state index contributed by atoms with van der Waals surface area (Å²) in [6.45, 7) is 0.272. The molecule has 0 saturated carbocycles. The van der Waals surface area contributed by atoms with E-state index in [9.17, 15) is 4.79 Å². The van der Waals surface area contributed by atoms with E-state index >= 15 is 0 Å². The number of amides is 1. The lowest BCUT2D eigenvalue weighted by Gasteiger charge is -2.05. The molecule has 1 N–H and O–H groups in total. The van der Waals surface area contributed by atoms with Gasteiger partial charge in [0.25, 0.3) is 5.91 Å². The fourth-order valence-corrected chi connectivity index (χ4v) is 2.67. The van der Waals surface area contributed by atoms with E-state index in [1.54, 1.807) is 6.07 Å². The summed E-state index contributed by atoms with van der Waals surface area (Å²) in [7, 11) is 0. The van der Waals surface area contributed by atoms with Crippen LogP contribution in [0, 0.1) is 0 Å². The molecule has 0 unspecified atom stereocenters. The monoisotopic (exact) mass is 329 g/mol. The highest BCUT2D eigenvalue weighted by Crippen LogP contribution is 2.22. The third-order valence-corrected chi connectivity index (χ3v) is 3.92. The average molecular weight is 329 g/mol. The zero-order valence-electron chi connectivity index (χ0n) is 13.3. The van der Waals surface area contributed by atoms with Crippen molar-refractivity contribution < 1.29 is 9.21 Å². The fraction of sp³-hybridized carbons (Fsp3) is 0.0500. The number of oxazole rings is 1. The lowest BCUT2D eigenvalue weighted by atomic mass is 10.1. The van der Waals surface area contributed by atoms with Crippen molar-refractivity contribution in [3.63, 3.8) is 0 Å². The third kappa shape index (κ3) is 3.12. The molecule has 2 heterocycles. The third-order valence-electron chi connectivity index (χ3n) is 3.92. The number of para-hydroxylation sites is 1. The number of nitrogens with zero attached hydrogens (tertiary/aromatic N) is 2. The largest absolute Gasteiger partial charge is 0.443 e. The molecule has 122 valence electrons. The number of nitrogens with one attached hydrogen (secondary N) is 1. The van der Waals surface area contributed by atoms with Gasteiger partial charge in [-0.15, -0.1) is 0 Å². The Bertz CT molecular complexity index is 1030. The van der Waals surface area contributed by atoms with Crippen molar-refractivity contribution in [1.82, 2.24) is 15.3 Å². The van der Waals surface area contributed by atoms with Gasteiger partial charge in [0, 0.05) is 10.9 Å². The molecule has 2 aromatic heterocycles. The summed E-state index contributed by atoms with van der Waals surface area (Å²) in [4.78, 5) is 21.0. The predicted octanol–water partition coefficient (Wildman–Crippen LogP) is 3.82. The van der Waals surface area contributed by atoms with Crippen molar-refractivity contribution in [3.8, 4) is 11.3 Å². The Morgan fingerprint density at radius 2 is 1.76 bits per heavy atom. The van der Waals surface area contributed by atoms with Gasteiger partial charge in [-0.05, 0) is 12.1 Å². The molecule has 0 spiro atoms. The number of hydrogen-bond acceptors (Lipinski definition) is 4. The van der Waals surface area contributed by atoms with Crippen molar-refractivity contribution in [2.24, 2.45) is 0 Å². The van der Waals surface area contributed by atoms with Gasteiger partial charge in [0.05, 0.1) is 12.1 Å². The molecule has 2 aromatic carbocycles. The molecular weight excluding hydrogens is 314 g/mol. The average Bonchev–Trinajstić information content (AvgIpc) is 3.15. The van der Waals surface area contributed by atoms with Crippen molar-refractivity contribution in [2.45, 2.75) is 6.54 Å². The maximum atomic E-state index is 12.4. The van der Waals surface area contributed by atoms with Crippen LogP contribution in [0.15, 0.2) is 77.5 Å². The molecular formula is C20H15N3O2. The highest BCUT2D eigenvalue weighted by atomic mass is 16.3. The van der Waals surface area contributed by atoms with E-state index in [-0.39, 0.29) is 12.5 Å². The van der Waals surface area contributed by atoms with Crippen LogP contribution in [0.5, 0.6) is 0 Å². The van der Waals surface area contributed by atoms with Gasteiger partial charge >= 0.3 is 0 Å². The van der Waals surface area contributed by atoms with E-state index in [1.807, 2.05) is 60.7 Å². The summed E-state index contributed by atoms with van der Waals surface area (Å²) in [5, 5.41) is 3.85. The number of pyridine rings is 1. The minimum atomic E-state index is -0.243. The molecule has 0 saturated heterocycles. The first kappa shape index (κ1) is 15.1. The van der Waals surface area contributed by atoms with Crippen LogP contribution < -0.4 is 5.32 Å². The highest BCUT2D eigenvalue weighted by molar-refractivity contribution is 5.94. The molecule has 1 amide bonds. The van der Waals surface area contributed by atoms with Crippen LogP contribution in [0.25, 0.3) is 22.2 Å². The zero-order valence-corrected chi connectivity index (χ0v) is 13.3. The number of aromatic nitrogens is 2. The molecule has 0 fully saturated rings. The van der Waals surface area contributed by atoms with Crippen molar-refractivity contribution >= 4 is 16.8 Å². The molecule has 25 heavy (non-hydrogen) atoms. The van der Waals surface area contributed by atoms with E-state index in [2.05, 4.69) is 15.3 Å². The van der Waals surface area contributed by atoms with Crippen LogP contribution in [-0.4, -0.2) is 15.9 Å². The van der Waals surface area contributed by atoms with Gasteiger partial charge in [0.2, 0.25) is 0 Å². The van der Waals surface area contributed by atoms with Crippen molar-refractivity contribution in [1.29, 1.82) is 0 Å². The Morgan fingerprint density at radius 1 is 0.960 bits per heavy atom. The van der Waals surface area contributed by atoms with Crippen LogP contribution in [0.3, 0.4) is 0 Å². The van der Waals surface area contributed by atoms with Gasteiger partial charge in [-0.1, -0.05) is 54.6 Å². The summed E-state index contributed by atoms with van der Waals surface area (Å²) in [5.74, 6) is 0.417. The fourth-order valence-electron chi connectivity index (χ4n) is 2.67. The number of rotatable bonds is 4. The van der Waals surface area contributed by atoms with Crippen LogP contribution in [0.2, 0.25) is 0 Å². The molecule has 5 heteroatoms. The van der Waals surface area contributed by atoms with E-state index in [1.165, 1.54) is 6.39 Å². The lowest BCUT2D eigenvalue weighted by molar-refractivity contribution is 0.0946. The molecule has 4 rings (SSSR count). The first-order chi connectivity index (χ1) is 12.3. The lowest BCUT2D eigenvalue weighted by Crippen LogP contribution is -2.24. The van der Waals surface area contributed by atoms with E-state index in [4.69, 9.17) is 4.42 Å². The quantitative estimate of drug-likeness (QED) is 0.618. The second-order valence-electron chi connectivity index (χ2n) is 5.57. The van der Waals surface area contributed by atoms with Gasteiger partial charge < -0.3 is 9.73 Å². The van der Waals surface area contributed by atoms with Crippen LogP contribution in [-0.2, 0) is 6.54 Å². The topological polar surface area (TPSA) is 68.0 Å². The molecule has 5 nitrogen and oxygen atoms in total. The van der Waals surface area contributed by atoms with Gasteiger partial charge in [-0.2, -0.15) is 0 Å². The Labute approximate surface area is 144 Å². The minimum absolute atomic E-state index is 0.243. The molecule has 0 atom stereocenters. The zero-order chi connectivity index (χ0) is 17.1. The van der Waals surface area contributed by atoms with Crippen molar-refractivity contribution in [3.05, 3.63) is 84.5 Å². The second kappa shape index (κ2) is 6.57. The first-order valence-electron chi connectivity index (χ1n) is 7.93. The molecule has 4 aromatic rings. The predicted molar refractivity (Wildman–Crippen MR) is 94.9 cm³/mol. The normalized spacial score (nSPS) is 10.7. The summed E-state index contributed by atoms with van der Waals surface area (Å²) < 4.78 is 5.47. The maximum Gasteiger partial charge on any atom is 0.270 e. The minimum Gasteiger partial charge on any atom is -0.443 e. The summed E-state index contributed by atoms with van der Waals surface area (Å²) in [6, 6.07) is 21.0. The van der Waals surface area contributed by atoms with E-state index in [0.717, 1.165) is 16.5 Å². The van der Waals surface area contributed by atoms with Gasteiger partial charge in [-0.3, -0.25) is 4.79 Å². The standard InChI is InChI=1S/C20H15N3O2/c24-20(17-11-10-14-6-4-5-9-16(14)23-17)21-12-18-19(25-13-22-18)15-7-2-1-3-8-15/h1-11,13H,12H2,(H,21,24).